The molecule has 1 rings (SSSR count). The fourth-order valence-electron chi connectivity index (χ4n) is 1.19. The van der Waals surface area contributed by atoms with Gasteiger partial charge >= 0.3 is 6.09 Å². The fourth-order valence-corrected chi connectivity index (χ4v) is 1.19. The molecule has 1 heterocycles. The molecule has 0 bridgehead atoms. The van der Waals surface area contributed by atoms with Gasteiger partial charge in [-0.3, -0.25) is 0 Å². The molecular formula is C7H13NO3. The minimum atomic E-state index is -0.503. The van der Waals surface area contributed by atoms with E-state index in [9.17, 15) is 9.90 Å². The number of cyclic esters (lactones) is 1. The second-order valence-corrected chi connectivity index (χ2v) is 2.76. The molecule has 0 aromatic rings. The number of hydrogen-bond donors (Lipinski definition) is 2. The van der Waals surface area contributed by atoms with Crippen LogP contribution in [0.1, 0.15) is 20.3 Å². The van der Waals surface area contributed by atoms with E-state index in [-0.39, 0.29) is 12.1 Å². The van der Waals surface area contributed by atoms with Crippen molar-refractivity contribution in [3.63, 3.8) is 0 Å². The van der Waals surface area contributed by atoms with Gasteiger partial charge in [-0.2, -0.15) is 0 Å². The van der Waals surface area contributed by atoms with Crippen LogP contribution in [0.2, 0.25) is 0 Å². The predicted octanol–water partition coefficient (Wildman–Crippen LogP) is 0.254. The fraction of sp³-hybridized carbons (Fsp3) is 0.857. The van der Waals surface area contributed by atoms with Crippen molar-refractivity contribution in [1.29, 1.82) is 0 Å². The average Bonchev–Trinajstić information content (AvgIpc) is 2.28. The van der Waals surface area contributed by atoms with Gasteiger partial charge in [0.2, 0.25) is 0 Å². The van der Waals surface area contributed by atoms with Crippen molar-refractivity contribution in [1.82, 2.24) is 5.32 Å². The van der Waals surface area contributed by atoms with Gasteiger partial charge in [0, 0.05) is 0 Å². The Morgan fingerprint density at radius 3 is 2.82 bits per heavy atom. The number of amides is 1. The summed E-state index contributed by atoms with van der Waals surface area (Å²) >= 11 is 0. The topological polar surface area (TPSA) is 58.6 Å². The highest BCUT2D eigenvalue weighted by Crippen LogP contribution is 2.13. The lowest BCUT2D eigenvalue weighted by molar-refractivity contribution is 0.0847. The van der Waals surface area contributed by atoms with E-state index in [0.717, 1.165) is 0 Å². The zero-order valence-corrected chi connectivity index (χ0v) is 6.70. The van der Waals surface area contributed by atoms with Gasteiger partial charge in [-0.15, -0.1) is 0 Å². The van der Waals surface area contributed by atoms with Crippen LogP contribution >= 0.6 is 0 Å². The first-order valence-corrected chi connectivity index (χ1v) is 3.80. The Bertz CT molecular complexity index is 160. The van der Waals surface area contributed by atoms with Crippen LogP contribution in [0.25, 0.3) is 0 Å². The molecule has 0 aromatic heterocycles. The molecule has 0 spiro atoms. The highest BCUT2D eigenvalue weighted by Gasteiger charge is 2.34. The lowest BCUT2D eigenvalue weighted by atomic mass is 10.1. The first kappa shape index (κ1) is 8.33. The second-order valence-electron chi connectivity index (χ2n) is 2.76. The largest absolute Gasteiger partial charge is 0.444 e. The molecule has 1 aliphatic rings. The Morgan fingerprint density at radius 1 is 1.82 bits per heavy atom. The van der Waals surface area contributed by atoms with E-state index in [1.165, 1.54) is 0 Å². The maximum Gasteiger partial charge on any atom is 0.407 e. The molecule has 4 heteroatoms. The lowest BCUT2D eigenvalue weighted by Crippen LogP contribution is -2.41. The van der Waals surface area contributed by atoms with E-state index >= 15 is 0 Å². The molecule has 1 aliphatic heterocycles. The highest BCUT2D eigenvalue weighted by atomic mass is 16.6. The highest BCUT2D eigenvalue weighted by molar-refractivity contribution is 5.70. The molecular weight excluding hydrogens is 146 g/mol. The first-order valence-electron chi connectivity index (χ1n) is 3.80. The van der Waals surface area contributed by atoms with Gasteiger partial charge in [0.15, 0.2) is 0 Å². The minimum Gasteiger partial charge on any atom is -0.444 e. The van der Waals surface area contributed by atoms with E-state index < -0.39 is 12.2 Å². The summed E-state index contributed by atoms with van der Waals surface area (Å²) < 4.78 is 4.79. The van der Waals surface area contributed by atoms with Crippen molar-refractivity contribution >= 4 is 6.09 Å². The minimum absolute atomic E-state index is 0.225. The average molecular weight is 159 g/mol. The van der Waals surface area contributed by atoms with Crippen molar-refractivity contribution < 1.29 is 14.6 Å². The zero-order chi connectivity index (χ0) is 8.43. The third kappa shape index (κ3) is 1.63. The van der Waals surface area contributed by atoms with Crippen molar-refractivity contribution in [3.05, 3.63) is 0 Å². The molecule has 0 aromatic carbocycles. The van der Waals surface area contributed by atoms with Crippen LogP contribution in [0.15, 0.2) is 0 Å². The molecule has 3 atom stereocenters. The summed E-state index contributed by atoms with van der Waals surface area (Å²) in [5.74, 6) is 0. The van der Waals surface area contributed by atoms with Crippen LogP contribution in [0.5, 0.6) is 0 Å². The molecule has 0 radical (unpaired) electrons. The number of aliphatic hydroxyl groups is 1. The standard InChI is InChI=1S/C7H13NO3/c1-3-5(9)6-4(2)11-7(10)8-6/h4-6,9H,3H2,1-2H3,(H,8,10)/t4-,5?,6-/m1/s1. The predicted molar refractivity (Wildman–Crippen MR) is 39.2 cm³/mol. The van der Waals surface area contributed by atoms with Crippen LogP contribution in [0.4, 0.5) is 4.79 Å². The van der Waals surface area contributed by atoms with Gasteiger partial charge < -0.3 is 15.2 Å². The van der Waals surface area contributed by atoms with Crippen LogP contribution < -0.4 is 5.32 Å². The SMILES string of the molecule is CCC(O)[C@@H]1NC(=O)O[C@@H]1C. The van der Waals surface area contributed by atoms with E-state index in [4.69, 9.17) is 4.74 Å². The Hall–Kier alpha value is -0.770. The van der Waals surface area contributed by atoms with E-state index in [0.29, 0.717) is 6.42 Å². The molecule has 4 nitrogen and oxygen atoms in total. The third-order valence-corrected chi connectivity index (χ3v) is 1.92. The van der Waals surface area contributed by atoms with Gasteiger partial charge in [-0.25, -0.2) is 4.79 Å². The lowest BCUT2D eigenvalue weighted by Gasteiger charge is -2.17. The number of aliphatic hydroxyl groups excluding tert-OH is 1. The van der Waals surface area contributed by atoms with Crippen molar-refractivity contribution in [2.24, 2.45) is 0 Å². The van der Waals surface area contributed by atoms with Crippen molar-refractivity contribution in [3.8, 4) is 0 Å². The molecule has 11 heavy (non-hydrogen) atoms. The van der Waals surface area contributed by atoms with E-state index in [1.54, 1.807) is 6.92 Å². The van der Waals surface area contributed by atoms with Crippen LogP contribution in [0, 0.1) is 0 Å². The van der Waals surface area contributed by atoms with Crippen molar-refractivity contribution in [2.45, 2.75) is 38.5 Å². The number of alkyl carbamates (subject to hydrolysis) is 1. The van der Waals surface area contributed by atoms with Crippen molar-refractivity contribution in [2.75, 3.05) is 0 Å². The van der Waals surface area contributed by atoms with Crippen LogP contribution in [-0.4, -0.2) is 29.4 Å². The van der Waals surface area contributed by atoms with Crippen LogP contribution in [0.3, 0.4) is 0 Å². The molecule has 2 N–H and O–H groups in total. The smallest absolute Gasteiger partial charge is 0.407 e. The Morgan fingerprint density at radius 2 is 2.45 bits per heavy atom. The molecule has 0 saturated carbocycles. The second kappa shape index (κ2) is 3.09. The van der Waals surface area contributed by atoms with E-state index in [1.807, 2.05) is 6.92 Å². The third-order valence-electron chi connectivity index (χ3n) is 1.92. The Kier molecular flexibility index (Phi) is 2.34. The van der Waals surface area contributed by atoms with Gasteiger partial charge in [0.25, 0.3) is 0 Å². The number of hydrogen-bond acceptors (Lipinski definition) is 3. The summed E-state index contributed by atoms with van der Waals surface area (Å²) in [5, 5.41) is 11.9. The van der Waals surface area contributed by atoms with Gasteiger partial charge in [-0.05, 0) is 13.3 Å². The summed E-state index contributed by atoms with van der Waals surface area (Å²) in [4.78, 5) is 10.6. The monoisotopic (exact) mass is 159 g/mol. The normalized spacial score (nSPS) is 32.8. The summed E-state index contributed by atoms with van der Waals surface area (Å²) in [6.45, 7) is 3.63. The number of carbonyl (C=O) groups is 1. The summed E-state index contributed by atoms with van der Waals surface area (Å²) in [5.41, 5.74) is 0. The summed E-state index contributed by atoms with van der Waals surface area (Å²) in [6, 6.07) is -0.243. The van der Waals surface area contributed by atoms with Crippen LogP contribution in [-0.2, 0) is 4.74 Å². The number of rotatable bonds is 2. The maximum atomic E-state index is 10.6. The zero-order valence-electron chi connectivity index (χ0n) is 6.70. The van der Waals surface area contributed by atoms with Gasteiger partial charge in [-0.1, -0.05) is 6.92 Å². The van der Waals surface area contributed by atoms with E-state index in [2.05, 4.69) is 5.32 Å². The Balaban J connectivity index is 2.52. The maximum absolute atomic E-state index is 10.6. The van der Waals surface area contributed by atoms with Gasteiger partial charge in [0.1, 0.15) is 6.10 Å². The molecule has 1 amide bonds. The quantitative estimate of drug-likeness (QED) is 0.607. The van der Waals surface area contributed by atoms with Gasteiger partial charge in [0.05, 0.1) is 12.1 Å². The molecule has 1 fully saturated rings. The first-order chi connectivity index (χ1) is 5.15. The molecule has 1 saturated heterocycles. The number of carbonyl (C=O) groups excluding carboxylic acids is 1. The summed E-state index contributed by atoms with van der Waals surface area (Å²) in [6.07, 6.45) is -0.539. The molecule has 0 aliphatic carbocycles. The molecule has 64 valence electrons. The number of nitrogens with one attached hydrogen (secondary N) is 1. The summed E-state index contributed by atoms with van der Waals surface area (Å²) in [7, 11) is 0. The molecule has 1 unspecified atom stereocenters. The Labute approximate surface area is 65.5 Å². The number of ether oxygens (including phenoxy) is 1.